The standard InChI is InChI=1S/C25H28N4OS/c1-18-8-6-12-22(16-18)31-25-23(26-13-14-27-25)29-15-7-11-21(17-29)24(30)28-19(2)20-9-4-3-5-10-20/h3-6,8-10,12-14,16,19,21H,7,11,15,17H2,1-2H3,(H,28,30). The van der Waals surface area contributed by atoms with Crippen molar-refractivity contribution in [1.29, 1.82) is 0 Å². The van der Waals surface area contributed by atoms with Crippen molar-refractivity contribution in [2.75, 3.05) is 18.0 Å². The highest BCUT2D eigenvalue weighted by atomic mass is 32.2. The van der Waals surface area contributed by atoms with Crippen LogP contribution in [-0.4, -0.2) is 29.0 Å². The van der Waals surface area contributed by atoms with E-state index in [0.717, 1.165) is 40.7 Å². The lowest BCUT2D eigenvalue weighted by Crippen LogP contribution is -2.44. The van der Waals surface area contributed by atoms with Crippen LogP contribution < -0.4 is 10.2 Å². The van der Waals surface area contributed by atoms with Crippen molar-refractivity contribution in [3.63, 3.8) is 0 Å². The summed E-state index contributed by atoms with van der Waals surface area (Å²) in [5.41, 5.74) is 2.34. The van der Waals surface area contributed by atoms with E-state index in [4.69, 9.17) is 0 Å². The average molecular weight is 433 g/mol. The average Bonchev–Trinajstić information content (AvgIpc) is 2.80. The van der Waals surface area contributed by atoms with Crippen LogP contribution in [0.2, 0.25) is 0 Å². The topological polar surface area (TPSA) is 58.1 Å². The Morgan fingerprint density at radius 3 is 2.74 bits per heavy atom. The fourth-order valence-electron chi connectivity index (χ4n) is 3.94. The van der Waals surface area contributed by atoms with Gasteiger partial charge >= 0.3 is 0 Å². The highest BCUT2D eigenvalue weighted by Crippen LogP contribution is 2.34. The minimum absolute atomic E-state index is 0.00645. The van der Waals surface area contributed by atoms with Crippen LogP contribution in [0, 0.1) is 12.8 Å². The molecule has 1 N–H and O–H groups in total. The van der Waals surface area contributed by atoms with Crippen LogP contribution >= 0.6 is 11.8 Å². The van der Waals surface area contributed by atoms with Gasteiger partial charge in [-0.05, 0) is 44.4 Å². The summed E-state index contributed by atoms with van der Waals surface area (Å²) < 4.78 is 0. The number of aryl methyl sites for hydroxylation is 1. The smallest absolute Gasteiger partial charge is 0.225 e. The summed E-state index contributed by atoms with van der Waals surface area (Å²) >= 11 is 1.62. The van der Waals surface area contributed by atoms with Crippen molar-refractivity contribution >= 4 is 23.5 Å². The number of piperidine rings is 1. The Kier molecular flexibility index (Phi) is 6.87. The second kappa shape index (κ2) is 9.96. The summed E-state index contributed by atoms with van der Waals surface area (Å²) in [6.45, 7) is 5.67. The van der Waals surface area contributed by atoms with Crippen molar-refractivity contribution in [2.24, 2.45) is 5.92 Å². The normalized spacial score (nSPS) is 17.2. The first-order chi connectivity index (χ1) is 15.1. The molecule has 1 fully saturated rings. The van der Waals surface area contributed by atoms with Crippen molar-refractivity contribution in [2.45, 2.75) is 42.7 Å². The van der Waals surface area contributed by atoms with E-state index >= 15 is 0 Å². The van der Waals surface area contributed by atoms with Gasteiger partial charge in [-0.15, -0.1) is 0 Å². The van der Waals surface area contributed by atoms with E-state index in [0.29, 0.717) is 6.54 Å². The van der Waals surface area contributed by atoms with Gasteiger partial charge in [0.15, 0.2) is 5.82 Å². The van der Waals surface area contributed by atoms with Gasteiger partial charge < -0.3 is 10.2 Å². The number of benzene rings is 2. The molecule has 1 aromatic heterocycles. The molecule has 0 aliphatic carbocycles. The predicted octanol–water partition coefficient (Wildman–Crippen LogP) is 5.03. The number of carbonyl (C=O) groups is 1. The Hall–Kier alpha value is -2.86. The zero-order valence-corrected chi connectivity index (χ0v) is 18.8. The van der Waals surface area contributed by atoms with Crippen LogP contribution in [0.5, 0.6) is 0 Å². The van der Waals surface area contributed by atoms with Gasteiger partial charge in [-0.2, -0.15) is 0 Å². The molecule has 5 nitrogen and oxygen atoms in total. The van der Waals surface area contributed by atoms with E-state index in [1.54, 1.807) is 24.2 Å². The summed E-state index contributed by atoms with van der Waals surface area (Å²) in [4.78, 5) is 25.6. The van der Waals surface area contributed by atoms with E-state index in [9.17, 15) is 4.79 Å². The van der Waals surface area contributed by atoms with E-state index in [1.807, 2.05) is 37.3 Å². The van der Waals surface area contributed by atoms with Crippen LogP contribution in [0.1, 0.15) is 36.9 Å². The van der Waals surface area contributed by atoms with E-state index < -0.39 is 0 Å². The number of amides is 1. The van der Waals surface area contributed by atoms with Gasteiger partial charge in [0.2, 0.25) is 5.91 Å². The summed E-state index contributed by atoms with van der Waals surface area (Å²) in [5, 5.41) is 4.07. The number of aromatic nitrogens is 2. The zero-order chi connectivity index (χ0) is 21.6. The Labute approximate surface area is 188 Å². The molecular weight excluding hydrogens is 404 g/mol. The largest absolute Gasteiger partial charge is 0.354 e. The van der Waals surface area contributed by atoms with E-state index in [2.05, 4.69) is 51.4 Å². The molecule has 6 heteroatoms. The van der Waals surface area contributed by atoms with Gasteiger partial charge in [0.25, 0.3) is 0 Å². The molecule has 0 radical (unpaired) electrons. The lowest BCUT2D eigenvalue weighted by molar-refractivity contribution is -0.125. The van der Waals surface area contributed by atoms with Crippen molar-refractivity contribution in [3.8, 4) is 0 Å². The molecule has 2 unspecified atom stereocenters. The van der Waals surface area contributed by atoms with Gasteiger partial charge in [-0.1, -0.05) is 59.8 Å². The minimum atomic E-state index is -0.0567. The lowest BCUT2D eigenvalue weighted by Gasteiger charge is -2.34. The molecule has 2 atom stereocenters. The number of anilines is 1. The van der Waals surface area contributed by atoms with E-state index in [1.165, 1.54) is 5.56 Å². The number of nitrogens with zero attached hydrogens (tertiary/aromatic N) is 3. The number of hydrogen-bond acceptors (Lipinski definition) is 5. The SMILES string of the molecule is Cc1cccc(Sc2nccnc2N2CCCC(C(=O)NC(C)c3ccccc3)C2)c1. The molecule has 3 aromatic rings. The lowest BCUT2D eigenvalue weighted by atomic mass is 9.96. The molecule has 1 saturated heterocycles. The van der Waals surface area contributed by atoms with Gasteiger partial charge in [0.1, 0.15) is 5.03 Å². The number of rotatable bonds is 6. The summed E-state index contributed by atoms with van der Waals surface area (Å²) in [7, 11) is 0. The van der Waals surface area contributed by atoms with Gasteiger partial charge in [-0.3, -0.25) is 4.79 Å². The fourth-order valence-corrected chi connectivity index (χ4v) is 4.94. The summed E-state index contributed by atoms with van der Waals surface area (Å²) in [6.07, 6.45) is 5.32. The van der Waals surface area contributed by atoms with Crippen LogP contribution in [0.3, 0.4) is 0 Å². The second-order valence-corrected chi connectivity index (χ2v) is 9.09. The third-order valence-electron chi connectivity index (χ3n) is 5.60. The first-order valence-corrected chi connectivity index (χ1v) is 11.6. The van der Waals surface area contributed by atoms with Gasteiger partial charge in [0.05, 0.1) is 12.0 Å². The molecule has 1 amide bonds. The molecule has 2 heterocycles. The summed E-state index contributed by atoms with van der Waals surface area (Å²) in [5.74, 6) is 0.916. The van der Waals surface area contributed by atoms with Crippen molar-refractivity contribution < 1.29 is 4.79 Å². The van der Waals surface area contributed by atoms with Crippen LogP contribution in [0.15, 0.2) is 76.9 Å². The van der Waals surface area contributed by atoms with Crippen molar-refractivity contribution in [1.82, 2.24) is 15.3 Å². The molecule has 0 spiro atoms. The molecule has 160 valence electrons. The third-order valence-corrected chi connectivity index (χ3v) is 6.57. The second-order valence-electron chi connectivity index (χ2n) is 8.03. The molecule has 2 aromatic carbocycles. The zero-order valence-electron chi connectivity index (χ0n) is 18.0. The maximum atomic E-state index is 13.0. The molecule has 0 saturated carbocycles. The molecule has 1 aliphatic heterocycles. The highest BCUT2D eigenvalue weighted by Gasteiger charge is 2.29. The molecule has 0 bridgehead atoms. The Bertz CT molecular complexity index is 1030. The highest BCUT2D eigenvalue weighted by molar-refractivity contribution is 7.99. The fraction of sp³-hybridized carbons (Fsp3) is 0.320. The third kappa shape index (κ3) is 5.44. The van der Waals surface area contributed by atoms with E-state index in [-0.39, 0.29) is 17.9 Å². The molecular formula is C25H28N4OS. The van der Waals surface area contributed by atoms with Crippen LogP contribution in [0.25, 0.3) is 0 Å². The quantitative estimate of drug-likeness (QED) is 0.592. The van der Waals surface area contributed by atoms with Crippen molar-refractivity contribution in [3.05, 3.63) is 78.1 Å². The van der Waals surface area contributed by atoms with Gasteiger partial charge in [-0.25, -0.2) is 9.97 Å². The molecule has 1 aliphatic rings. The monoisotopic (exact) mass is 432 g/mol. The first-order valence-electron chi connectivity index (χ1n) is 10.8. The van der Waals surface area contributed by atoms with Gasteiger partial charge in [0, 0.05) is 30.4 Å². The molecule has 4 rings (SSSR count). The Morgan fingerprint density at radius 2 is 1.94 bits per heavy atom. The number of nitrogens with one attached hydrogen (secondary N) is 1. The predicted molar refractivity (Wildman–Crippen MR) is 125 cm³/mol. The Morgan fingerprint density at radius 1 is 1.13 bits per heavy atom. The number of carbonyl (C=O) groups excluding carboxylic acids is 1. The Balaban J connectivity index is 1.45. The first kappa shape index (κ1) is 21.4. The maximum Gasteiger partial charge on any atom is 0.225 e. The summed E-state index contributed by atoms with van der Waals surface area (Å²) in [6, 6.07) is 18.5. The van der Waals surface area contributed by atoms with Crippen LogP contribution in [-0.2, 0) is 4.79 Å². The van der Waals surface area contributed by atoms with Crippen LogP contribution in [0.4, 0.5) is 5.82 Å². The molecule has 31 heavy (non-hydrogen) atoms. The number of hydrogen-bond donors (Lipinski definition) is 1. The maximum absolute atomic E-state index is 13.0. The minimum Gasteiger partial charge on any atom is -0.354 e.